The average Bonchev–Trinajstić information content (AvgIpc) is 3.46. The number of ether oxygens (including phenoxy) is 2. The molecule has 0 saturated carbocycles. The van der Waals surface area contributed by atoms with Crippen molar-refractivity contribution in [2.24, 2.45) is 5.92 Å². The van der Waals surface area contributed by atoms with E-state index < -0.39 is 17.1 Å². The lowest BCUT2D eigenvalue weighted by Crippen LogP contribution is -2.30. The predicted molar refractivity (Wildman–Crippen MR) is 195 cm³/mol. The Morgan fingerprint density at radius 2 is 1.80 bits per heavy atom. The SMILES string of the molecule is CCC(Sc1cccc(NC(=O)/C(=C\c2ccc(OC)c(OC)c2)NC(=O)c2ccccc2)c1)C(=O)Nc1sc2c(c1C#N)CCC(C)C2. The Hall–Kier alpha value is -5.05. The number of nitriles is 1. The molecule has 3 amide bonds. The van der Waals surface area contributed by atoms with Crippen LogP contribution in [0.15, 0.2) is 83.4 Å². The largest absolute Gasteiger partial charge is 0.493 e. The second-order valence-electron chi connectivity index (χ2n) is 11.6. The van der Waals surface area contributed by atoms with Gasteiger partial charge in [0, 0.05) is 21.0 Å². The Morgan fingerprint density at radius 1 is 1.02 bits per heavy atom. The van der Waals surface area contributed by atoms with Gasteiger partial charge in [-0.25, -0.2) is 0 Å². The highest BCUT2D eigenvalue weighted by atomic mass is 32.2. The third kappa shape index (κ3) is 8.71. The van der Waals surface area contributed by atoms with E-state index in [0.29, 0.717) is 51.2 Å². The second-order valence-corrected chi connectivity index (χ2v) is 14.0. The van der Waals surface area contributed by atoms with E-state index in [1.54, 1.807) is 72.8 Å². The highest BCUT2D eigenvalue weighted by molar-refractivity contribution is 8.00. The fraction of sp³-hybridized carbons (Fsp3) is 0.263. The van der Waals surface area contributed by atoms with E-state index in [-0.39, 0.29) is 11.6 Å². The number of methoxy groups -OCH3 is 2. The zero-order valence-corrected chi connectivity index (χ0v) is 29.4. The van der Waals surface area contributed by atoms with Crippen LogP contribution in [-0.2, 0) is 22.4 Å². The Morgan fingerprint density at radius 3 is 2.51 bits per heavy atom. The monoisotopic (exact) mass is 694 g/mol. The number of amides is 3. The summed E-state index contributed by atoms with van der Waals surface area (Å²) in [5.74, 6) is 0.415. The first kappa shape index (κ1) is 35.3. The zero-order chi connectivity index (χ0) is 34.9. The number of hydrogen-bond acceptors (Lipinski definition) is 8. The van der Waals surface area contributed by atoms with Gasteiger partial charge in [-0.2, -0.15) is 5.26 Å². The molecule has 1 heterocycles. The van der Waals surface area contributed by atoms with Gasteiger partial charge in [0.1, 0.15) is 16.8 Å². The number of nitrogens with one attached hydrogen (secondary N) is 3. The zero-order valence-electron chi connectivity index (χ0n) is 27.8. The Bertz CT molecular complexity index is 1910. The molecule has 3 aromatic carbocycles. The number of nitrogens with zero attached hydrogens (tertiary/aromatic N) is 1. The number of hydrogen-bond donors (Lipinski definition) is 3. The van der Waals surface area contributed by atoms with Crippen molar-refractivity contribution in [1.29, 1.82) is 5.26 Å². The van der Waals surface area contributed by atoms with Gasteiger partial charge >= 0.3 is 0 Å². The average molecular weight is 695 g/mol. The van der Waals surface area contributed by atoms with Gasteiger partial charge in [0.15, 0.2) is 11.5 Å². The predicted octanol–water partition coefficient (Wildman–Crippen LogP) is 7.68. The summed E-state index contributed by atoms with van der Waals surface area (Å²) >= 11 is 2.89. The van der Waals surface area contributed by atoms with E-state index >= 15 is 0 Å². The van der Waals surface area contributed by atoms with Gasteiger partial charge < -0.3 is 25.4 Å². The molecule has 1 aliphatic rings. The second kappa shape index (κ2) is 16.4. The van der Waals surface area contributed by atoms with Gasteiger partial charge in [-0.05, 0) is 91.3 Å². The molecule has 4 aromatic rings. The summed E-state index contributed by atoms with van der Waals surface area (Å²) in [6.45, 7) is 4.15. The Balaban J connectivity index is 1.33. The van der Waals surface area contributed by atoms with Gasteiger partial charge in [-0.1, -0.05) is 44.2 Å². The molecule has 3 N–H and O–H groups in total. The standard InChI is InChI=1S/C38H38N4O5S2/c1-5-33(37(45)42-38-29(22-39)28-16-14-23(2)18-34(28)49-38)48-27-13-9-12-26(21-27)40-36(44)30(41-35(43)25-10-7-6-8-11-25)19-24-15-17-31(46-3)32(20-24)47-4/h6-13,15,17,19-21,23,33H,5,14,16,18H2,1-4H3,(H,40,44)(H,41,43)(H,42,45)/b30-19+. The first-order chi connectivity index (χ1) is 23.7. The van der Waals surface area contributed by atoms with E-state index in [1.165, 1.54) is 42.2 Å². The maximum atomic E-state index is 13.7. The summed E-state index contributed by atoms with van der Waals surface area (Å²) in [6, 6.07) is 23.3. The fourth-order valence-corrected chi connectivity index (χ4v) is 7.91. The van der Waals surface area contributed by atoms with Crippen LogP contribution in [0.5, 0.6) is 11.5 Å². The molecule has 49 heavy (non-hydrogen) atoms. The van der Waals surface area contributed by atoms with Crippen LogP contribution in [0.4, 0.5) is 10.7 Å². The molecular weight excluding hydrogens is 657 g/mol. The molecule has 0 radical (unpaired) electrons. The van der Waals surface area contributed by atoms with E-state index in [2.05, 4.69) is 28.9 Å². The summed E-state index contributed by atoms with van der Waals surface area (Å²) in [7, 11) is 3.06. The minimum atomic E-state index is -0.536. The summed E-state index contributed by atoms with van der Waals surface area (Å²) in [4.78, 5) is 42.2. The molecule has 1 aliphatic carbocycles. The lowest BCUT2D eigenvalue weighted by atomic mass is 9.88. The quantitative estimate of drug-likeness (QED) is 0.102. The summed E-state index contributed by atoms with van der Waals surface area (Å²) in [5, 5.41) is 18.7. The first-order valence-corrected chi connectivity index (χ1v) is 17.7. The van der Waals surface area contributed by atoms with Gasteiger partial charge in [0.05, 0.1) is 25.0 Å². The van der Waals surface area contributed by atoms with E-state index in [4.69, 9.17) is 9.47 Å². The van der Waals surface area contributed by atoms with Gasteiger partial charge in [0.25, 0.3) is 11.8 Å². The lowest BCUT2D eigenvalue weighted by Gasteiger charge is -2.17. The van der Waals surface area contributed by atoms with Crippen molar-refractivity contribution in [2.75, 3.05) is 24.9 Å². The number of thioether (sulfide) groups is 1. The minimum Gasteiger partial charge on any atom is -0.493 e. The number of benzene rings is 3. The van der Waals surface area contributed by atoms with Gasteiger partial charge in [-0.3, -0.25) is 14.4 Å². The van der Waals surface area contributed by atoms with Crippen LogP contribution in [0.2, 0.25) is 0 Å². The normalized spacial score (nSPS) is 14.5. The van der Waals surface area contributed by atoms with E-state index in [0.717, 1.165) is 29.7 Å². The molecular formula is C38H38N4O5S2. The van der Waals surface area contributed by atoms with Crippen LogP contribution in [0.1, 0.15) is 58.6 Å². The van der Waals surface area contributed by atoms with E-state index in [9.17, 15) is 19.6 Å². The number of carbonyl (C=O) groups is 3. The summed E-state index contributed by atoms with van der Waals surface area (Å²) in [5.41, 5.74) is 3.18. The highest BCUT2D eigenvalue weighted by Gasteiger charge is 2.27. The van der Waals surface area contributed by atoms with Crippen molar-refractivity contribution in [3.63, 3.8) is 0 Å². The minimum absolute atomic E-state index is 0.0197. The first-order valence-electron chi connectivity index (χ1n) is 16.0. The molecule has 2 unspecified atom stereocenters. The molecule has 0 saturated heterocycles. The van der Waals surface area contributed by atoms with Crippen molar-refractivity contribution in [2.45, 2.75) is 49.7 Å². The number of rotatable bonds is 12. The Kier molecular flexibility index (Phi) is 11.8. The molecule has 0 fully saturated rings. The molecule has 252 valence electrons. The molecule has 11 heteroatoms. The van der Waals surface area contributed by atoms with Crippen molar-refractivity contribution >= 4 is 57.6 Å². The highest BCUT2D eigenvalue weighted by Crippen LogP contribution is 2.40. The molecule has 2 atom stereocenters. The third-order valence-electron chi connectivity index (χ3n) is 8.14. The van der Waals surface area contributed by atoms with Crippen LogP contribution < -0.4 is 25.4 Å². The molecule has 0 spiro atoms. The third-order valence-corrected chi connectivity index (χ3v) is 10.7. The van der Waals surface area contributed by atoms with Crippen molar-refractivity contribution in [3.8, 4) is 17.6 Å². The van der Waals surface area contributed by atoms with Crippen LogP contribution in [0.3, 0.4) is 0 Å². The van der Waals surface area contributed by atoms with Crippen molar-refractivity contribution in [1.82, 2.24) is 5.32 Å². The maximum absolute atomic E-state index is 13.7. The van der Waals surface area contributed by atoms with E-state index in [1.807, 2.05) is 13.0 Å². The van der Waals surface area contributed by atoms with Crippen LogP contribution in [0, 0.1) is 17.2 Å². The van der Waals surface area contributed by atoms with Crippen molar-refractivity contribution in [3.05, 3.63) is 106 Å². The summed E-state index contributed by atoms with van der Waals surface area (Å²) < 4.78 is 10.7. The van der Waals surface area contributed by atoms with Gasteiger partial charge in [0.2, 0.25) is 5.91 Å². The van der Waals surface area contributed by atoms with Crippen molar-refractivity contribution < 1.29 is 23.9 Å². The molecule has 5 rings (SSSR count). The maximum Gasteiger partial charge on any atom is 0.272 e. The fourth-order valence-electron chi connectivity index (χ4n) is 5.53. The molecule has 0 aliphatic heterocycles. The number of anilines is 2. The van der Waals surface area contributed by atoms with Gasteiger partial charge in [-0.15, -0.1) is 23.1 Å². The number of thiophene rings is 1. The number of carbonyl (C=O) groups excluding carboxylic acids is 3. The molecule has 9 nitrogen and oxygen atoms in total. The number of fused-ring (bicyclic) bond motifs is 1. The molecule has 1 aromatic heterocycles. The van der Waals surface area contributed by atoms with Crippen LogP contribution in [0.25, 0.3) is 6.08 Å². The summed E-state index contributed by atoms with van der Waals surface area (Å²) in [6.07, 6.45) is 4.94. The van der Waals surface area contributed by atoms with Crippen LogP contribution in [-0.4, -0.2) is 37.2 Å². The topological polar surface area (TPSA) is 130 Å². The smallest absolute Gasteiger partial charge is 0.272 e. The Labute approximate surface area is 294 Å². The van der Waals surface area contributed by atoms with Crippen LogP contribution >= 0.6 is 23.1 Å². The molecule has 0 bridgehead atoms. The lowest BCUT2D eigenvalue weighted by molar-refractivity contribution is -0.116.